The van der Waals surface area contributed by atoms with Gasteiger partial charge in [0.1, 0.15) is 0 Å². The van der Waals surface area contributed by atoms with Crippen molar-refractivity contribution in [3.8, 4) is 6.07 Å². The van der Waals surface area contributed by atoms with Crippen molar-refractivity contribution in [1.29, 1.82) is 5.26 Å². The molecule has 2 N–H and O–H groups in total. The molecule has 4 nitrogen and oxygen atoms in total. The smallest absolute Gasteiger partial charge is 0.244 e. The first-order chi connectivity index (χ1) is 6.61. The number of nitrogens with two attached hydrogens (primary N) is 1. The first-order valence-electron chi connectivity index (χ1n) is 5.00. The average molecular weight is 211 g/mol. The number of rotatable bonds is 2. The van der Waals surface area contributed by atoms with E-state index in [1.807, 2.05) is 20.8 Å². The summed E-state index contributed by atoms with van der Waals surface area (Å²) in [5, 5.41) is 9.32. The minimum Gasteiger partial charge on any atom is -0.347 e. The molecule has 0 spiro atoms. The average Bonchev–Trinajstić information content (AvgIpc) is 2.02. The Morgan fingerprint density at radius 1 is 1.40 bits per heavy atom. The summed E-state index contributed by atoms with van der Waals surface area (Å²) in [7, 11) is 3.28. The van der Waals surface area contributed by atoms with Crippen LogP contribution in [0.4, 0.5) is 0 Å². The Labute approximate surface area is 92.0 Å². The van der Waals surface area contributed by atoms with E-state index in [0.717, 1.165) is 0 Å². The van der Waals surface area contributed by atoms with Crippen LogP contribution in [0.15, 0.2) is 0 Å². The second kappa shape index (κ2) is 4.19. The van der Waals surface area contributed by atoms with Crippen molar-refractivity contribution in [1.82, 2.24) is 4.90 Å². The lowest BCUT2D eigenvalue weighted by Gasteiger charge is -2.41. The van der Waals surface area contributed by atoms with E-state index < -0.39 is 16.9 Å². The zero-order chi connectivity index (χ0) is 12.4. The van der Waals surface area contributed by atoms with E-state index in [0.29, 0.717) is 0 Å². The third-order valence-corrected chi connectivity index (χ3v) is 2.79. The Bertz CT molecular complexity index is 283. The third kappa shape index (κ3) is 2.13. The highest BCUT2D eigenvalue weighted by Crippen LogP contribution is 2.41. The zero-order valence-electron chi connectivity index (χ0n) is 10.5. The molecule has 86 valence electrons. The quantitative estimate of drug-likeness (QED) is 0.740. The van der Waals surface area contributed by atoms with Crippen LogP contribution in [0.25, 0.3) is 0 Å². The maximum absolute atomic E-state index is 12.1. The van der Waals surface area contributed by atoms with Crippen molar-refractivity contribution in [3.05, 3.63) is 0 Å². The van der Waals surface area contributed by atoms with Crippen LogP contribution in [-0.4, -0.2) is 30.9 Å². The number of carbonyl (C=O) groups excluding carboxylic acids is 1. The van der Waals surface area contributed by atoms with Crippen LogP contribution >= 0.6 is 0 Å². The molecule has 0 heterocycles. The lowest BCUT2D eigenvalue weighted by molar-refractivity contribution is -0.142. The molecule has 0 aromatic carbocycles. The number of hydrogen-bond donors (Lipinski definition) is 1. The third-order valence-electron chi connectivity index (χ3n) is 2.79. The van der Waals surface area contributed by atoms with Gasteiger partial charge in [0.15, 0.2) is 5.41 Å². The lowest BCUT2D eigenvalue weighted by Crippen LogP contribution is -2.57. The largest absolute Gasteiger partial charge is 0.347 e. The number of carbonyl (C=O) groups is 1. The van der Waals surface area contributed by atoms with Crippen molar-refractivity contribution >= 4 is 5.91 Å². The molecule has 0 rings (SSSR count). The Morgan fingerprint density at radius 2 is 1.80 bits per heavy atom. The minimum atomic E-state index is -1.17. The number of hydrogen-bond acceptors (Lipinski definition) is 3. The molecule has 0 aliphatic rings. The summed E-state index contributed by atoms with van der Waals surface area (Å²) in [6, 6.07) is 1.62. The van der Waals surface area contributed by atoms with Crippen molar-refractivity contribution in [2.45, 2.75) is 33.7 Å². The van der Waals surface area contributed by atoms with Gasteiger partial charge < -0.3 is 10.6 Å². The molecule has 0 radical (unpaired) electrons. The highest BCUT2D eigenvalue weighted by molar-refractivity contribution is 5.86. The summed E-state index contributed by atoms with van der Waals surface area (Å²) in [6.45, 7) is 7.29. The maximum atomic E-state index is 12.1. The normalized spacial score (nSPS) is 17.5. The molecule has 0 aliphatic carbocycles. The topological polar surface area (TPSA) is 70.1 Å². The Morgan fingerprint density at radius 3 is 1.87 bits per heavy atom. The van der Waals surface area contributed by atoms with E-state index in [1.165, 1.54) is 4.90 Å². The van der Waals surface area contributed by atoms with Gasteiger partial charge in [-0.05, 0) is 12.3 Å². The summed E-state index contributed by atoms with van der Waals surface area (Å²) in [4.78, 5) is 13.5. The SMILES string of the molecule is CC(N)C(C#N)(C(=O)N(C)C)C(C)(C)C. The molecule has 1 amide bonds. The van der Waals surface area contributed by atoms with Gasteiger partial charge in [-0.1, -0.05) is 20.8 Å². The molecule has 4 heteroatoms. The van der Waals surface area contributed by atoms with Gasteiger partial charge in [-0.15, -0.1) is 0 Å². The van der Waals surface area contributed by atoms with Crippen molar-refractivity contribution in [3.63, 3.8) is 0 Å². The predicted molar refractivity (Wildman–Crippen MR) is 59.8 cm³/mol. The van der Waals surface area contributed by atoms with Crippen molar-refractivity contribution < 1.29 is 4.79 Å². The van der Waals surface area contributed by atoms with Gasteiger partial charge in [0.25, 0.3) is 0 Å². The first kappa shape index (κ1) is 13.9. The van der Waals surface area contributed by atoms with Gasteiger partial charge in [-0.25, -0.2) is 0 Å². The number of nitrogens with zero attached hydrogens (tertiary/aromatic N) is 2. The van der Waals surface area contributed by atoms with Crippen LogP contribution in [0.2, 0.25) is 0 Å². The molecule has 0 aromatic rings. The van der Waals surface area contributed by atoms with Crippen LogP contribution < -0.4 is 5.73 Å². The standard InChI is InChI=1S/C11H21N3O/c1-8(13)11(7-12,10(2,3)4)9(15)14(5)6/h8H,13H2,1-6H3. The molecule has 15 heavy (non-hydrogen) atoms. The lowest BCUT2D eigenvalue weighted by atomic mass is 9.63. The molecule has 2 unspecified atom stereocenters. The van der Waals surface area contributed by atoms with Gasteiger partial charge in [0, 0.05) is 20.1 Å². The second-order valence-electron chi connectivity index (χ2n) is 5.16. The van der Waals surface area contributed by atoms with Crippen LogP contribution in [-0.2, 0) is 4.79 Å². The molecule has 0 bridgehead atoms. The molecular formula is C11H21N3O. The molecule has 2 atom stereocenters. The van der Waals surface area contributed by atoms with E-state index in [9.17, 15) is 10.1 Å². The van der Waals surface area contributed by atoms with Crippen LogP contribution in [0.1, 0.15) is 27.7 Å². The fourth-order valence-electron chi connectivity index (χ4n) is 1.87. The zero-order valence-corrected chi connectivity index (χ0v) is 10.5. The predicted octanol–water partition coefficient (Wildman–Crippen LogP) is 0.978. The van der Waals surface area contributed by atoms with Crippen molar-refractivity contribution in [2.24, 2.45) is 16.6 Å². The summed E-state index contributed by atoms with van der Waals surface area (Å²) >= 11 is 0. The van der Waals surface area contributed by atoms with Crippen LogP contribution in [0, 0.1) is 22.2 Å². The van der Waals surface area contributed by atoms with E-state index in [4.69, 9.17) is 5.73 Å². The summed E-state index contributed by atoms with van der Waals surface area (Å²) in [5.74, 6) is -0.229. The van der Waals surface area contributed by atoms with Gasteiger partial charge >= 0.3 is 0 Å². The van der Waals surface area contributed by atoms with E-state index in [1.54, 1.807) is 21.0 Å². The Hall–Kier alpha value is -1.08. The molecule has 0 aliphatic heterocycles. The van der Waals surface area contributed by atoms with Crippen LogP contribution in [0.3, 0.4) is 0 Å². The second-order valence-corrected chi connectivity index (χ2v) is 5.16. The fourth-order valence-corrected chi connectivity index (χ4v) is 1.87. The minimum absolute atomic E-state index is 0.229. The highest BCUT2D eigenvalue weighted by atomic mass is 16.2. The fraction of sp³-hybridized carbons (Fsp3) is 0.818. The molecular weight excluding hydrogens is 190 g/mol. The molecule has 0 saturated carbocycles. The van der Waals surface area contributed by atoms with E-state index in [2.05, 4.69) is 6.07 Å². The number of nitriles is 1. The van der Waals surface area contributed by atoms with Crippen LogP contribution in [0.5, 0.6) is 0 Å². The van der Waals surface area contributed by atoms with Gasteiger partial charge in [0.2, 0.25) is 5.91 Å². The van der Waals surface area contributed by atoms with E-state index >= 15 is 0 Å². The molecule has 0 saturated heterocycles. The van der Waals surface area contributed by atoms with E-state index in [-0.39, 0.29) is 5.91 Å². The van der Waals surface area contributed by atoms with Crippen molar-refractivity contribution in [2.75, 3.05) is 14.1 Å². The van der Waals surface area contributed by atoms with Gasteiger partial charge in [-0.2, -0.15) is 5.26 Å². The van der Waals surface area contributed by atoms with Gasteiger partial charge in [-0.3, -0.25) is 4.79 Å². The highest BCUT2D eigenvalue weighted by Gasteiger charge is 2.52. The first-order valence-corrected chi connectivity index (χ1v) is 5.00. The Kier molecular flexibility index (Phi) is 3.89. The summed E-state index contributed by atoms with van der Waals surface area (Å²) < 4.78 is 0. The molecule has 0 aromatic heterocycles. The maximum Gasteiger partial charge on any atom is 0.244 e. The monoisotopic (exact) mass is 211 g/mol. The Balaban J connectivity index is 5.61. The van der Waals surface area contributed by atoms with Gasteiger partial charge in [0.05, 0.1) is 6.07 Å². The molecule has 0 fully saturated rings. The number of amides is 1. The summed E-state index contributed by atoms with van der Waals surface area (Å²) in [6.07, 6.45) is 0. The summed E-state index contributed by atoms with van der Waals surface area (Å²) in [5.41, 5.74) is 4.18.